The van der Waals surface area contributed by atoms with Crippen LogP contribution in [0.1, 0.15) is 43.4 Å². The minimum absolute atomic E-state index is 0.358. The number of ether oxygens (including phenoxy) is 1. The molecule has 2 atom stereocenters. The Bertz CT molecular complexity index is 399. The molecule has 1 aromatic rings. The number of hydrogen-bond donors (Lipinski definition) is 1. The highest BCUT2D eigenvalue weighted by Gasteiger charge is 2.36. The van der Waals surface area contributed by atoms with E-state index in [0.717, 1.165) is 31.4 Å². The van der Waals surface area contributed by atoms with Gasteiger partial charge in [0.1, 0.15) is 11.6 Å². The van der Waals surface area contributed by atoms with Gasteiger partial charge < -0.3 is 14.6 Å². The first-order valence-corrected chi connectivity index (χ1v) is 6.53. The first kappa shape index (κ1) is 11.2. The molecule has 94 valence electrons. The van der Waals surface area contributed by atoms with E-state index in [0.29, 0.717) is 18.0 Å². The van der Waals surface area contributed by atoms with Gasteiger partial charge in [0.25, 0.3) is 0 Å². The molecule has 2 fully saturated rings. The molecule has 0 aromatic carbocycles. The number of nitrogens with zero attached hydrogens (tertiary/aromatic N) is 3. The summed E-state index contributed by atoms with van der Waals surface area (Å²) in [6.45, 7) is 6.71. The second-order valence-corrected chi connectivity index (χ2v) is 5.01. The highest BCUT2D eigenvalue weighted by Crippen LogP contribution is 2.39. The third-order valence-corrected chi connectivity index (χ3v) is 3.68. The average Bonchev–Trinajstić information content (AvgIpc) is 2.93. The summed E-state index contributed by atoms with van der Waals surface area (Å²) in [5.41, 5.74) is 0. The van der Waals surface area contributed by atoms with Gasteiger partial charge in [0.15, 0.2) is 0 Å². The summed E-state index contributed by atoms with van der Waals surface area (Å²) in [7, 11) is 0. The molecule has 1 aromatic heterocycles. The van der Waals surface area contributed by atoms with Crippen molar-refractivity contribution in [3.8, 4) is 0 Å². The Hall–Kier alpha value is -0.940. The van der Waals surface area contributed by atoms with Gasteiger partial charge in [-0.3, -0.25) is 0 Å². The number of hydrogen-bond acceptors (Lipinski definition) is 4. The van der Waals surface area contributed by atoms with Crippen molar-refractivity contribution in [3.63, 3.8) is 0 Å². The molecule has 5 nitrogen and oxygen atoms in total. The van der Waals surface area contributed by atoms with E-state index in [1.54, 1.807) is 0 Å². The van der Waals surface area contributed by atoms with Crippen molar-refractivity contribution in [1.82, 2.24) is 20.1 Å². The second kappa shape index (κ2) is 4.38. The SMILES string of the molecule is CCNC1COCC1c1nnc(C)n1C1CC1. The van der Waals surface area contributed by atoms with Crippen molar-refractivity contribution < 1.29 is 4.74 Å². The summed E-state index contributed by atoms with van der Waals surface area (Å²) in [4.78, 5) is 0. The fourth-order valence-corrected chi connectivity index (χ4v) is 2.69. The van der Waals surface area contributed by atoms with E-state index in [2.05, 4.69) is 27.0 Å². The first-order valence-electron chi connectivity index (χ1n) is 6.53. The Morgan fingerprint density at radius 2 is 2.18 bits per heavy atom. The Labute approximate surface area is 102 Å². The molecule has 17 heavy (non-hydrogen) atoms. The van der Waals surface area contributed by atoms with Gasteiger partial charge in [-0.05, 0) is 26.3 Å². The van der Waals surface area contributed by atoms with E-state index in [-0.39, 0.29) is 0 Å². The molecule has 2 heterocycles. The van der Waals surface area contributed by atoms with Crippen LogP contribution in [0.25, 0.3) is 0 Å². The summed E-state index contributed by atoms with van der Waals surface area (Å²) >= 11 is 0. The number of nitrogens with one attached hydrogen (secondary N) is 1. The standard InChI is InChI=1S/C12H20N4O/c1-3-13-11-7-17-6-10(11)12-15-14-8(2)16(12)9-4-5-9/h9-11,13H,3-7H2,1-2H3. The fraction of sp³-hybridized carbons (Fsp3) is 0.833. The zero-order valence-electron chi connectivity index (χ0n) is 10.5. The highest BCUT2D eigenvalue weighted by atomic mass is 16.5. The lowest BCUT2D eigenvalue weighted by molar-refractivity contribution is 0.187. The molecule has 1 saturated carbocycles. The lowest BCUT2D eigenvalue weighted by Crippen LogP contribution is -2.35. The van der Waals surface area contributed by atoms with E-state index in [9.17, 15) is 0 Å². The van der Waals surface area contributed by atoms with Crippen molar-refractivity contribution in [2.24, 2.45) is 0 Å². The van der Waals surface area contributed by atoms with Crippen LogP contribution in [0.15, 0.2) is 0 Å². The largest absolute Gasteiger partial charge is 0.379 e. The summed E-state index contributed by atoms with van der Waals surface area (Å²) in [5, 5.41) is 12.1. The Morgan fingerprint density at radius 3 is 2.88 bits per heavy atom. The fourth-order valence-electron chi connectivity index (χ4n) is 2.69. The lowest BCUT2D eigenvalue weighted by atomic mass is 10.0. The van der Waals surface area contributed by atoms with E-state index < -0.39 is 0 Å². The maximum atomic E-state index is 5.60. The smallest absolute Gasteiger partial charge is 0.140 e. The minimum Gasteiger partial charge on any atom is -0.379 e. The molecular formula is C12H20N4O. The Kier molecular flexibility index (Phi) is 2.88. The van der Waals surface area contributed by atoms with Gasteiger partial charge in [-0.25, -0.2) is 0 Å². The quantitative estimate of drug-likeness (QED) is 0.848. The third kappa shape index (κ3) is 1.98. The first-order chi connectivity index (χ1) is 8.31. The molecule has 0 amide bonds. The average molecular weight is 236 g/mol. The van der Waals surface area contributed by atoms with Crippen LogP contribution in [-0.4, -0.2) is 40.6 Å². The van der Waals surface area contributed by atoms with Gasteiger partial charge in [-0.15, -0.1) is 10.2 Å². The van der Waals surface area contributed by atoms with Crippen molar-refractivity contribution in [1.29, 1.82) is 0 Å². The van der Waals surface area contributed by atoms with Gasteiger partial charge in [-0.2, -0.15) is 0 Å². The van der Waals surface area contributed by atoms with Crippen molar-refractivity contribution in [2.45, 2.75) is 44.7 Å². The predicted molar refractivity (Wildman–Crippen MR) is 64.1 cm³/mol. The molecule has 1 saturated heterocycles. The Morgan fingerprint density at radius 1 is 1.35 bits per heavy atom. The summed E-state index contributed by atoms with van der Waals surface area (Å²) in [6.07, 6.45) is 2.54. The van der Waals surface area contributed by atoms with E-state index in [1.807, 2.05) is 6.92 Å². The van der Waals surface area contributed by atoms with Crippen LogP contribution in [0.4, 0.5) is 0 Å². The van der Waals surface area contributed by atoms with Crippen molar-refractivity contribution in [2.75, 3.05) is 19.8 Å². The Balaban J connectivity index is 1.87. The number of likely N-dealkylation sites (N-methyl/N-ethyl adjacent to an activating group) is 1. The summed E-state index contributed by atoms with van der Waals surface area (Å²) < 4.78 is 7.92. The molecule has 0 spiro atoms. The molecule has 1 aliphatic heterocycles. The van der Waals surface area contributed by atoms with Crippen LogP contribution in [0.2, 0.25) is 0 Å². The van der Waals surface area contributed by atoms with Crippen molar-refractivity contribution >= 4 is 0 Å². The molecule has 2 unspecified atom stereocenters. The van der Waals surface area contributed by atoms with E-state index >= 15 is 0 Å². The maximum absolute atomic E-state index is 5.60. The zero-order valence-corrected chi connectivity index (χ0v) is 10.5. The second-order valence-electron chi connectivity index (χ2n) is 5.01. The summed E-state index contributed by atoms with van der Waals surface area (Å²) in [5.74, 6) is 2.52. The molecule has 1 N–H and O–H groups in total. The zero-order chi connectivity index (χ0) is 11.8. The predicted octanol–water partition coefficient (Wildman–Crippen LogP) is 1.01. The molecule has 5 heteroatoms. The van der Waals surface area contributed by atoms with Crippen LogP contribution < -0.4 is 5.32 Å². The van der Waals surface area contributed by atoms with Crippen LogP contribution >= 0.6 is 0 Å². The van der Waals surface area contributed by atoms with Crippen LogP contribution in [0, 0.1) is 6.92 Å². The monoisotopic (exact) mass is 236 g/mol. The normalized spacial score (nSPS) is 28.8. The van der Waals surface area contributed by atoms with Crippen molar-refractivity contribution in [3.05, 3.63) is 11.6 Å². The number of rotatable bonds is 4. The summed E-state index contributed by atoms with van der Waals surface area (Å²) in [6, 6.07) is 1.03. The highest BCUT2D eigenvalue weighted by molar-refractivity contribution is 5.11. The molecule has 1 aliphatic carbocycles. The van der Waals surface area contributed by atoms with Gasteiger partial charge >= 0.3 is 0 Å². The van der Waals surface area contributed by atoms with Gasteiger partial charge in [0.2, 0.25) is 0 Å². The van der Waals surface area contributed by atoms with Crippen LogP contribution in [0.3, 0.4) is 0 Å². The molecular weight excluding hydrogens is 216 g/mol. The number of aryl methyl sites for hydroxylation is 1. The van der Waals surface area contributed by atoms with Gasteiger partial charge in [-0.1, -0.05) is 6.92 Å². The maximum Gasteiger partial charge on any atom is 0.140 e. The minimum atomic E-state index is 0.358. The van der Waals surface area contributed by atoms with Gasteiger partial charge in [0, 0.05) is 12.1 Å². The molecule has 0 bridgehead atoms. The van der Waals surface area contributed by atoms with Crippen LogP contribution in [-0.2, 0) is 4.74 Å². The number of aromatic nitrogens is 3. The van der Waals surface area contributed by atoms with E-state index in [4.69, 9.17) is 4.74 Å². The molecule has 3 rings (SSSR count). The third-order valence-electron chi connectivity index (χ3n) is 3.68. The van der Waals surface area contributed by atoms with Crippen LogP contribution in [0.5, 0.6) is 0 Å². The molecule has 2 aliphatic rings. The lowest BCUT2D eigenvalue weighted by Gasteiger charge is -2.18. The topological polar surface area (TPSA) is 52.0 Å². The van der Waals surface area contributed by atoms with Gasteiger partial charge in [0.05, 0.1) is 19.1 Å². The molecule has 0 radical (unpaired) electrons. The van der Waals surface area contributed by atoms with E-state index in [1.165, 1.54) is 12.8 Å².